The van der Waals surface area contributed by atoms with Crippen molar-refractivity contribution in [3.05, 3.63) is 0 Å². The Morgan fingerprint density at radius 3 is 1.95 bits per heavy atom. The second kappa shape index (κ2) is 11.4. The highest BCUT2D eigenvalue weighted by molar-refractivity contribution is 7.53. The zero-order valence-electron chi connectivity index (χ0n) is 12.4. The topological polar surface area (TPSA) is 61.8 Å². The van der Waals surface area contributed by atoms with Gasteiger partial charge in [-0.15, -0.1) is 0 Å². The summed E-state index contributed by atoms with van der Waals surface area (Å²) in [5, 5.41) is 0. The highest BCUT2D eigenvalue weighted by Gasteiger charge is 2.24. The molecule has 0 rings (SSSR count). The van der Waals surface area contributed by atoms with E-state index in [2.05, 4.69) is 4.74 Å². The van der Waals surface area contributed by atoms with Crippen LogP contribution in [0.15, 0.2) is 0 Å². The third-order valence-electron chi connectivity index (χ3n) is 2.61. The predicted octanol–water partition coefficient (Wildman–Crippen LogP) is 3.77. The summed E-state index contributed by atoms with van der Waals surface area (Å²) >= 11 is 0. The molecule has 0 unspecified atom stereocenters. The van der Waals surface area contributed by atoms with Gasteiger partial charge in [0.15, 0.2) is 0 Å². The minimum Gasteiger partial charge on any atom is -0.469 e. The van der Waals surface area contributed by atoms with E-state index in [4.69, 9.17) is 9.05 Å². The molecule has 0 saturated heterocycles. The highest BCUT2D eigenvalue weighted by Crippen LogP contribution is 2.49. The van der Waals surface area contributed by atoms with Gasteiger partial charge in [-0.25, -0.2) is 0 Å². The van der Waals surface area contributed by atoms with Crippen LogP contribution in [0.2, 0.25) is 0 Å². The van der Waals surface area contributed by atoms with Gasteiger partial charge in [-0.3, -0.25) is 9.36 Å². The summed E-state index contributed by atoms with van der Waals surface area (Å²) in [7, 11) is -1.71. The van der Waals surface area contributed by atoms with Crippen molar-refractivity contribution in [3.63, 3.8) is 0 Å². The minimum absolute atomic E-state index is 0.245. The SMILES string of the molecule is CCCCOP(=O)(CCCC(=O)OC)OCCCC. The van der Waals surface area contributed by atoms with Crippen molar-refractivity contribution < 1.29 is 23.1 Å². The maximum Gasteiger partial charge on any atom is 0.330 e. The lowest BCUT2D eigenvalue weighted by Crippen LogP contribution is -2.06. The Balaban J connectivity index is 4.14. The van der Waals surface area contributed by atoms with Crippen molar-refractivity contribution >= 4 is 13.6 Å². The fourth-order valence-corrected chi connectivity index (χ4v) is 3.07. The summed E-state index contributed by atoms with van der Waals surface area (Å²) in [6.45, 7) is 4.98. The van der Waals surface area contributed by atoms with Crippen molar-refractivity contribution in [2.24, 2.45) is 0 Å². The molecule has 0 aromatic heterocycles. The molecule has 0 atom stereocenters. The van der Waals surface area contributed by atoms with Gasteiger partial charge < -0.3 is 13.8 Å². The molecule has 0 amide bonds. The van der Waals surface area contributed by atoms with Crippen molar-refractivity contribution in [2.45, 2.75) is 52.4 Å². The lowest BCUT2D eigenvalue weighted by molar-refractivity contribution is -0.140. The molecule has 0 aliphatic heterocycles. The zero-order valence-corrected chi connectivity index (χ0v) is 13.2. The maximum absolute atomic E-state index is 12.4. The van der Waals surface area contributed by atoms with Crippen LogP contribution in [0, 0.1) is 0 Å². The normalized spacial score (nSPS) is 11.5. The summed E-state index contributed by atoms with van der Waals surface area (Å²) in [6.07, 6.45) is 4.66. The van der Waals surface area contributed by atoms with Crippen molar-refractivity contribution in [1.82, 2.24) is 0 Å². The van der Waals surface area contributed by atoms with Crippen LogP contribution in [0.3, 0.4) is 0 Å². The van der Waals surface area contributed by atoms with E-state index in [0.717, 1.165) is 25.7 Å². The number of ether oxygens (including phenoxy) is 1. The number of unbranched alkanes of at least 4 members (excludes halogenated alkanes) is 2. The van der Waals surface area contributed by atoms with Crippen LogP contribution in [0.25, 0.3) is 0 Å². The molecule has 6 heteroatoms. The van der Waals surface area contributed by atoms with Gasteiger partial charge in [0.1, 0.15) is 0 Å². The first-order chi connectivity index (χ1) is 9.08. The summed E-state index contributed by atoms with van der Waals surface area (Å²) in [5.41, 5.74) is 0. The quantitative estimate of drug-likeness (QED) is 0.311. The highest BCUT2D eigenvalue weighted by atomic mass is 31.2. The Morgan fingerprint density at radius 1 is 1.00 bits per heavy atom. The van der Waals surface area contributed by atoms with E-state index < -0.39 is 7.60 Å². The maximum atomic E-state index is 12.4. The van der Waals surface area contributed by atoms with E-state index in [1.807, 2.05) is 13.8 Å². The van der Waals surface area contributed by atoms with E-state index in [9.17, 15) is 9.36 Å². The fraction of sp³-hybridized carbons (Fsp3) is 0.923. The molecule has 5 nitrogen and oxygen atoms in total. The number of methoxy groups -OCH3 is 1. The van der Waals surface area contributed by atoms with Crippen LogP contribution in [0.5, 0.6) is 0 Å². The molecule has 0 aliphatic carbocycles. The number of esters is 1. The third kappa shape index (κ3) is 10.1. The monoisotopic (exact) mass is 294 g/mol. The molecule has 0 heterocycles. The predicted molar refractivity (Wildman–Crippen MR) is 75.4 cm³/mol. The molecule has 0 N–H and O–H groups in total. The van der Waals surface area contributed by atoms with Crippen LogP contribution in [-0.2, 0) is 23.1 Å². The molecule has 0 saturated carbocycles. The van der Waals surface area contributed by atoms with Crippen molar-refractivity contribution in [2.75, 3.05) is 26.5 Å². The molecule has 0 aromatic carbocycles. The Hall–Kier alpha value is -0.380. The third-order valence-corrected chi connectivity index (χ3v) is 4.63. The lowest BCUT2D eigenvalue weighted by atomic mass is 10.3. The average Bonchev–Trinajstić information content (AvgIpc) is 2.39. The molecule has 19 heavy (non-hydrogen) atoms. The van der Waals surface area contributed by atoms with Crippen LogP contribution < -0.4 is 0 Å². The Morgan fingerprint density at radius 2 is 1.53 bits per heavy atom. The molecule has 0 bridgehead atoms. The second-order valence-corrected chi connectivity index (χ2v) is 6.57. The van der Waals surface area contributed by atoms with Gasteiger partial charge in [-0.1, -0.05) is 26.7 Å². The molecule has 114 valence electrons. The van der Waals surface area contributed by atoms with Gasteiger partial charge in [0.05, 0.1) is 26.5 Å². The number of carbonyl (C=O) groups excluding carboxylic acids is 1. The standard InChI is InChI=1S/C13H27O5P/c1-4-6-10-17-19(15,18-11-7-5-2)12-8-9-13(14)16-3/h4-12H2,1-3H3. The summed E-state index contributed by atoms with van der Waals surface area (Å²) < 4.78 is 27.8. The number of carbonyl (C=O) groups is 1. The zero-order chi connectivity index (χ0) is 14.6. The largest absolute Gasteiger partial charge is 0.469 e. The molecule has 0 aliphatic rings. The second-order valence-electron chi connectivity index (χ2n) is 4.39. The van der Waals surface area contributed by atoms with Crippen molar-refractivity contribution in [3.8, 4) is 0 Å². The lowest BCUT2D eigenvalue weighted by Gasteiger charge is -2.18. The van der Waals surface area contributed by atoms with Gasteiger partial charge in [0.25, 0.3) is 0 Å². The molecule has 0 aromatic rings. The van der Waals surface area contributed by atoms with E-state index in [1.165, 1.54) is 7.11 Å². The van der Waals surface area contributed by atoms with Crippen LogP contribution in [-0.4, -0.2) is 32.5 Å². The van der Waals surface area contributed by atoms with E-state index in [1.54, 1.807) is 0 Å². The fourth-order valence-electron chi connectivity index (χ4n) is 1.38. The summed E-state index contributed by atoms with van der Waals surface area (Å²) in [5.74, 6) is -0.298. The number of hydrogen-bond acceptors (Lipinski definition) is 5. The number of hydrogen-bond donors (Lipinski definition) is 0. The Bertz CT molecular complexity index is 266. The van der Waals surface area contributed by atoms with Gasteiger partial charge in [0.2, 0.25) is 0 Å². The minimum atomic E-state index is -3.05. The molecular formula is C13H27O5P. The van der Waals surface area contributed by atoms with Gasteiger partial charge >= 0.3 is 13.6 Å². The Labute approximate surface area is 116 Å². The summed E-state index contributed by atoms with van der Waals surface area (Å²) in [4.78, 5) is 11.0. The smallest absolute Gasteiger partial charge is 0.330 e. The van der Waals surface area contributed by atoms with Crippen LogP contribution in [0.4, 0.5) is 0 Å². The van der Waals surface area contributed by atoms with Crippen LogP contribution in [0.1, 0.15) is 52.4 Å². The van der Waals surface area contributed by atoms with Gasteiger partial charge in [0, 0.05) is 6.42 Å². The number of rotatable bonds is 12. The van der Waals surface area contributed by atoms with Crippen molar-refractivity contribution in [1.29, 1.82) is 0 Å². The van der Waals surface area contributed by atoms with Gasteiger partial charge in [-0.2, -0.15) is 0 Å². The van der Waals surface area contributed by atoms with E-state index >= 15 is 0 Å². The first-order valence-corrected chi connectivity index (χ1v) is 8.75. The van der Waals surface area contributed by atoms with Crippen LogP contribution >= 0.6 is 7.60 Å². The Kier molecular flexibility index (Phi) is 11.2. The molecule has 0 radical (unpaired) electrons. The van der Waals surface area contributed by atoms with E-state index in [-0.39, 0.29) is 18.6 Å². The molecular weight excluding hydrogens is 267 g/mol. The summed E-state index contributed by atoms with van der Waals surface area (Å²) in [6, 6.07) is 0. The molecule has 0 fully saturated rings. The van der Waals surface area contributed by atoms with Gasteiger partial charge in [-0.05, 0) is 19.3 Å². The molecule has 0 spiro atoms. The first-order valence-electron chi connectivity index (χ1n) is 7.03. The van der Waals surface area contributed by atoms with E-state index in [0.29, 0.717) is 19.6 Å². The average molecular weight is 294 g/mol. The first kappa shape index (κ1) is 18.6.